The zero-order chi connectivity index (χ0) is 17.2. The lowest BCUT2D eigenvalue weighted by Gasteiger charge is -2.24. The summed E-state index contributed by atoms with van der Waals surface area (Å²) in [4.78, 5) is 27.9. The highest BCUT2D eigenvalue weighted by Crippen LogP contribution is 2.34. The molecule has 25 heavy (non-hydrogen) atoms. The summed E-state index contributed by atoms with van der Waals surface area (Å²) in [5.41, 5.74) is 1.38. The van der Waals surface area contributed by atoms with Crippen LogP contribution in [0.15, 0.2) is 51.0 Å². The van der Waals surface area contributed by atoms with Gasteiger partial charge in [0.2, 0.25) is 5.91 Å². The molecule has 1 atom stereocenters. The van der Waals surface area contributed by atoms with E-state index in [2.05, 4.69) is 11.4 Å². The van der Waals surface area contributed by atoms with E-state index in [9.17, 15) is 9.59 Å². The van der Waals surface area contributed by atoms with Crippen LogP contribution in [0.3, 0.4) is 0 Å². The maximum atomic E-state index is 12.6. The maximum absolute atomic E-state index is 12.6. The summed E-state index contributed by atoms with van der Waals surface area (Å²) in [6.07, 6.45) is 3.18. The fraction of sp³-hybridized carbons (Fsp3) is 0.368. The maximum Gasteiger partial charge on any atom is 0.419 e. The lowest BCUT2D eigenvalue weighted by Crippen LogP contribution is -2.30. The van der Waals surface area contributed by atoms with Crippen molar-refractivity contribution in [2.75, 3.05) is 6.54 Å². The number of oxazole rings is 1. The number of rotatable bonds is 5. The first-order valence-corrected chi connectivity index (χ1v) is 9.53. The van der Waals surface area contributed by atoms with Crippen LogP contribution < -0.4 is 5.76 Å². The number of hydrogen-bond donors (Lipinski definition) is 0. The zero-order valence-corrected chi connectivity index (χ0v) is 14.7. The van der Waals surface area contributed by atoms with E-state index in [4.69, 9.17) is 4.42 Å². The largest absolute Gasteiger partial charge is 0.419 e. The Hall–Kier alpha value is -2.34. The quantitative estimate of drug-likeness (QED) is 0.699. The molecule has 3 aromatic rings. The van der Waals surface area contributed by atoms with Gasteiger partial charge in [0, 0.05) is 24.4 Å². The Labute approximate surface area is 149 Å². The van der Waals surface area contributed by atoms with Crippen molar-refractivity contribution in [1.29, 1.82) is 0 Å². The highest BCUT2D eigenvalue weighted by Gasteiger charge is 2.30. The Balaban J connectivity index is 1.40. The molecular formula is C19H20N2O3S. The molecule has 0 spiro atoms. The molecule has 1 amide bonds. The molecule has 1 aliphatic heterocycles. The smallest absolute Gasteiger partial charge is 0.408 e. The van der Waals surface area contributed by atoms with Gasteiger partial charge in [-0.3, -0.25) is 9.36 Å². The first kappa shape index (κ1) is 16.1. The number of para-hydroxylation sites is 2. The van der Waals surface area contributed by atoms with Crippen LogP contribution in [0, 0.1) is 0 Å². The third-order valence-corrected chi connectivity index (χ3v) is 5.76. The van der Waals surface area contributed by atoms with E-state index in [-0.39, 0.29) is 17.7 Å². The van der Waals surface area contributed by atoms with Crippen molar-refractivity contribution in [3.8, 4) is 0 Å². The summed E-state index contributed by atoms with van der Waals surface area (Å²) >= 11 is 1.71. The molecule has 3 heterocycles. The van der Waals surface area contributed by atoms with Crippen LogP contribution >= 0.6 is 11.3 Å². The van der Waals surface area contributed by atoms with Gasteiger partial charge in [0.05, 0.1) is 11.6 Å². The van der Waals surface area contributed by atoms with Gasteiger partial charge in [-0.05, 0) is 42.8 Å². The third kappa shape index (κ3) is 3.14. The molecule has 1 aromatic carbocycles. The summed E-state index contributed by atoms with van der Waals surface area (Å²) < 4.78 is 6.85. The third-order valence-electron chi connectivity index (χ3n) is 4.79. The van der Waals surface area contributed by atoms with Crippen LogP contribution in [0.4, 0.5) is 0 Å². The second-order valence-corrected chi connectivity index (χ2v) is 7.33. The van der Waals surface area contributed by atoms with Gasteiger partial charge in [0.1, 0.15) is 0 Å². The normalized spacial score (nSPS) is 17.4. The van der Waals surface area contributed by atoms with Crippen LogP contribution in [0.25, 0.3) is 11.1 Å². The Morgan fingerprint density at radius 2 is 2.12 bits per heavy atom. The van der Waals surface area contributed by atoms with Crippen molar-refractivity contribution >= 4 is 28.3 Å². The van der Waals surface area contributed by atoms with Crippen molar-refractivity contribution in [3.05, 3.63) is 57.2 Å². The summed E-state index contributed by atoms with van der Waals surface area (Å²) in [6, 6.07) is 11.8. The molecule has 1 saturated heterocycles. The molecule has 0 aliphatic carbocycles. The molecule has 4 rings (SSSR count). The van der Waals surface area contributed by atoms with Gasteiger partial charge in [0.25, 0.3) is 0 Å². The summed E-state index contributed by atoms with van der Waals surface area (Å²) in [6.45, 7) is 1.33. The Morgan fingerprint density at radius 3 is 2.96 bits per heavy atom. The second kappa shape index (κ2) is 6.88. The first-order chi connectivity index (χ1) is 12.2. The standard InChI is InChI=1S/C19H20N2O3S/c22-18(20-11-3-7-15(20)17-9-5-13-25-17)10-4-12-21-14-6-1-2-8-16(14)24-19(21)23/h1-2,5-6,8-9,13,15H,3-4,7,10-12H2. The van der Waals surface area contributed by atoms with E-state index in [1.807, 2.05) is 29.2 Å². The SMILES string of the molecule is O=C(CCCn1c(=O)oc2ccccc21)N1CCCC1c1cccs1. The minimum absolute atomic E-state index is 0.178. The van der Waals surface area contributed by atoms with Crippen molar-refractivity contribution < 1.29 is 9.21 Å². The first-order valence-electron chi connectivity index (χ1n) is 8.65. The Morgan fingerprint density at radius 1 is 1.24 bits per heavy atom. The second-order valence-electron chi connectivity index (χ2n) is 6.35. The summed E-state index contributed by atoms with van der Waals surface area (Å²) in [5, 5.41) is 2.06. The number of thiophene rings is 1. The van der Waals surface area contributed by atoms with Crippen molar-refractivity contribution in [3.63, 3.8) is 0 Å². The van der Waals surface area contributed by atoms with Crippen molar-refractivity contribution in [1.82, 2.24) is 9.47 Å². The molecule has 0 bridgehead atoms. The number of fused-ring (bicyclic) bond motifs is 1. The minimum Gasteiger partial charge on any atom is -0.408 e. The molecule has 0 saturated carbocycles. The van der Waals surface area contributed by atoms with Crippen LogP contribution in [0.2, 0.25) is 0 Å². The molecule has 5 nitrogen and oxygen atoms in total. The Kier molecular flexibility index (Phi) is 4.44. The van der Waals surface area contributed by atoms with Gasteiger partial charge in [0.15, 0.2) is 5.58 Å². The molecule has 0 radical (unpaired) electrons. The topological polar surface area (TPSA) is 55.5 Å². The average molecular weight is 356 g/mol. The number of benzene rings is 1. The fourth-order valence-corrected chi connectivity index (χ4v) is 4.47. The molecule has 1 unspecified atom stereocenters. The predicted octanol–water partition coefficient (Wildman–Crippen LogP) is 3.80. The van der Waals surface area contributed by atoms with E-state index in [0.29, 0.717) is 25.0 Å². The van der Waals surface area contributed by atoms with E-state index >= 15 is 0 Å². The lowest BCUT2D eigenvalue weighted by atomic mass is 10.1. The summed E-state index contributed by atoms with van der Waals surface area (Å²) in [5.74, 6) is -0.178. The number of aryl methyl sites for hydroxylation is 1. The predicted molar refractivity (Wildman–Crippen MR) is 97.7 cm³/mol. The number of nitrogens with zero attached hydrogens (tertiary/aromatic N) is 2. The number of carbonyl (C=O) groups excluding carboxylic acids is 1. The van der Waals surface area contributed by atoms with Gasteiger partial charge in [-0.15, -0.1) is 11.3 Å². The molecule has 6 heteroatoms. The summed E-state index contributed by atoms with van der Waals surface area (Å²) in [7, 11) is 0. The highest BCUT2D eigenvalue weighted by molar-refractivity contribution is 7.10. The molecule has 1 aliphatic rings. The van der Waals surface area contributed by atoms with E-state index in [1.165, 1.54) is 4.88 Å². The number of carbonyl (C=O) groups is 1. The van der Waals surface area contributed by atoms with Crippen molar-refractivity contribution in [2.45, 2.75) is 38.3 Å². The Bertz CT molecular complexity index is 926. The molecule has 2 aromatic heterocycles. The van der Waals surface area contributed by atoms with Gasteiger partial charge in [-0.1, -0.05) is 18.2 Å². The highest BCUT2D eigenvalue weighted by atomic mass is 32.1. The zero-order valence-electron chi connectivity index (χ0n) is 13.9. The fourth-order valence-electron chi connectivity index (χ4n) is 3.60. The number of amides is 1. The monoisotopic (exact) mass is 356 g/mol. The molecular weight excluding hydrogens is 336 g/mol. The number of likely N-dealkylation sites (tertiary alicyclic amines) is 1. The molecule has 130 valence electrons. The molecule has 1 fully saturated rings. The number of hydrogen-bond acceptors (Lipinski definition) is 4. The molecule has 0 N–H and O–H groups in total. The van der Waals surface area contributed by atoms with E-state index in [1.54, 1.807) is 22.0 Å². The van der Waals surface area contributed by atoms with Crippen molar-refractivity contribution in [2.24, 2.45) is 0 Å². The van der Waals surface area contributed by atoms with E-state index in [0.717, 1.165) is 24.9 Å². The minimum atomic E-state index is -0.355. The van der Waals surface area contributed by atoms with Crippen LogP contribution in [0.5, 0.6) is 0 Å². The van der Waals surface area contributed by atoms with Gasteiger partial charge < -0.3 is 9.32 Å². The van der Waals surface area contributed by atoms with Gasteiger partial charge >= 0.3 is 5.76 Å². The van der Waals surface area contributed by atoms with Crippen LogP contribution in [-0.4, -0.2) is 21.9 Å². The van der Waals surface area contributed by atoms with Gasteiger partial charge in [-0.25, -0.2) is 4.79 Å². The lowest BCUT2D eigenvalue weighted by molar-refractivity contribution is -0.132. The van der Waals surface area contributed by atoms with Crippen LogP contribution in [0.1, 0.15) is 36.6 Å². The van der Waals surface area contributed by atoms with Gasteiger partial charge in [-0.2, -0.15) is 0 Å². The number of aromatic nitrogens is 1. The van der Waals surface area contributed by atoms with Crippen LogP contribution in [-0.2, 0) is 11.3 Å². The average Bonchev–Trinajstić information content (AvgIpc) is 3.34. The van der Waals surface area contributed by atoms with E-state index < -0.39 is 0 Å².